The Labute approximate surface area is 237 Å². The first-order chi connectivity index (χ1) is 19.7. The second-order valence-corrected chi connectivity index (χ2v) is 12.0. The first-order valence-corrected chi connectivity index (χ1v) is 13.9. The Hall–Kier alpha value is -4.75. The number of nitriles is 1. The van der Waals surface area contributed by atoms with Crippen LogP contribution in [-0.4, -0.2) is 52.5 Å². The van der Waals surface area contributed by atoms with Crippen LogP contribution in [0.15, 0.2) is 64.2 Å². The van der Waals surface area contributed by atoms with Gasteiger partial charge in [-0.15, -0.1) is 23.4 Å². The molecule has 1 aliphatic rings. The lowest BCUT2D eigenvalue weighted by Crippen LogP contribution is -2.45. The topological polar surface area (TPSA) is 170 Å². The Morgan fingerprint density at radius 3 is 2.55 bits per heavy atom. The highest BCUT2D eigenvalue weighted by atomic mass is 32.2. The molecule has 2 N–H and O–H groups in total. The van der Waals surface area contributed by atoms with Crippen LogP contribution >= 0.6 is 0 Å². The molecule has 2 aromatic carbocycles. The summed E-state index contributed by atoms with van der Waals surface area (Å²) in [5.41, 5.74) is 6.26. The van der Waals surface area contributed by atoms with E-state index in [0.717, 1.165) is 12.4 Å². The number of carbonyl (C=O) groups is 1. The van der Waals surface area contributed by atoms with Crippen LogP contribution in [0.1, 0.15) is 25.3 Å². The fourth-order valence-electron chi connectivity index (χ4n) is 4.21. The summed E-state index contributed by atoms with van der Waals surface area (Å²) in [7, 11) is -3.96. The fraction of sp³-hybridized carbons (Fsp3) is 0.269. The van der Waals surface area contributed by atoms with Gasteiger partial charge in [0.2, 0.25) is 17.7 Å². The Morgan fingerprint density at radius 1 is 1.17 bits per heavy atom. The van der Waals surface area contributed by atoms with Crippen LogP contribution < -0.4 is 15.4 Å². The van der Waals surface area contributed by atoms with E-state index in [0.29, 0.717) is 16.8 Å². The van der Waals surface area contributed by atoms with E-state index in [1.54, 1.807) is 38.1 Å². The summed E-state index contributed by atoms with van der Waals surface area (Å²) in [5.74, 6) is -1.65. The van der Waals surface area contributed by atoms with Crippen molar-refractivity contribution in [3.05, 3.63) is 66.3 Å². The van der Waals surface area contributed by atoms with Crippen molar-refractivity contribution in [3.8, 4) is 29.0 Å². The molecule has 12 nitrogen and oxygen atoms in total. The number of sulfone groups is 1. The third-order valence-corrected chi connectivity index (χ3v) is 8.20. The Balaban J connectivity index is 1.49. The molecule has 0 fully saturated rings. The van der Waals surface area contributed by atoms with Crippen LogP contribution in [0.4, 0.5) is 18.9 Å². The van der Waals surface area contributed by atoms with Gasteiger partial charge in [-0.3, -0.25) is 4.79 Å². The summed E-state index contributed by atoms with van der Waals surface area (Å²) < 4.78 is 74.4. The molecule has 42 heavy (non-hydrogen) atoms. The Kier molecular flexibility index (Phi) is 7.03. The molecule has 3 heterocycles. The number of ether oxygens (including phenoxy) is 1. The first kappa shape index (κ1) is 28.8. The normalized spacial score (nSPS) is 16.9. The summed E-state index contributed by atoms with van der Waals surface area (Å²) in [5, 5.41) is 21.2. The van der Waals surface area contributed by atoms with Crippen molar-refractivity contribution in [1.29, 1.82) is 5.26 Å². The van der Waals surface area contributed by atoms with E-state index in [9.17, 15) is 31.6 Å². The molecule has 4 aromatic rings. The predicted molar refractivity (Wildman–Crippen MR) is 140 cm³/mol. The minimum Gasteiger partial charge on any atom is -0.419 e. The van der Waals surface area contributed by atoms with Crippen molar-refractivity contribution in [3.63, 3.8) is 0 Å². The van der Waals surface area contributed by atoms with Gasteiger partial charge in [0.15, 0.2) is 15.6 Å². The minimum absolute atomic E-state index is 0.0203. The molecule has 16 heteroatoms. The van der Waals surface area contributed by atoms with Crippen LogP contribution in [0.2, 0.25) is 0 Å². The second-order valence-electron chi connectivity index (χ2n) is 9.98. The van der Waals surface area contributed by atoms with Gasteiger partial charge < -0.3 is 19.8 Å². The van der Waals surface area contributed by atoms with Crippen LogP contribution in [0.5, 0.6) is 5.75 Å². The highest BCUT2D eigenvalue weighted by molar-refractivity contribution is 7.91. The molecule has 1 aliphatic heterocycles. The van der Waals surface area contributed by atoms with Crippen molar-refractivity contribution < 1.29 is 35.5 Å². The lowest BCUT2D eigenvalue weighted by Gasteiger charge is -2.24. The standard InChI is InChI=1S/C26H22F3N7O5S/c1-25(2,14-30)24-34-33-22(40-24)16-5-8-21-20(9-16)35(23(37)19(31)13-42(21,38)39)11-15-3-6-17(7-4-15)36-12-18(10-32-36)41-26(27,28)29/h3-10,12,19H,11,13,31H2,1-2H3/t19-/m0/s1. The number of rotatable bonds is 6. The van der Waals surface area contributed by atoms with Gasteiger partial charge in [-0.1, -0.05) is 12.1 Å². The van der Waals surface area contributed by atoms with E-state index in [1.807, 2.05) is 0 Å². The van der Waals surface area contributed by atoms with E-state index < -0.39 is 45.1 Å². The number of alkyl halides is 3. The molecule has 2 aromatic heterocycles. The zero-order valence-electron chi connectivity index (χ0n) is 22.0. The number of aromatic nitrogens is 4. The third kappa shape index (κ3) is 5.69. The molecule has 0 radical (unpaired) electrons. The zero-order valence-corrected chi connectivity index (χ0v) is 22.8. The molecule has 0 saturated heterocycles. The van der Waals surface area contributed by atoms with Crippen LogP contribution in [-0.2, 0) is 26.6 Å². The minimum atomic E-state index is -4.86. The average molecular weight is 602 g/mol. The number of nitrogens with two attached hydrogens (primary N) is 1. The van der Waals surface area contributed by atoms with Crippen molar-refractivity contribution >= 4 is 21.4 Å². The molecule has 5 rings (SSSR count). The van der Waals surface area contributed by atoms with Crippen molar-refractivity contribution in [2.75, 3.05) is 10.7 Å². The average Bonchev–Trinajstić information content (AvgIpc) is 3.60. The highest BCUT2D eigenvalue weighted by Gasteiger charge is 2.37. The summed E-state index contributed by atoms with van der Waals surface area (Å²) in [6.07, 6.45) is -2.88. The van der Waals surface area contributed by atoms with Gasteiger partial charge in [0.1, 0.15) is 5.41 Å². The molecule has 1 amide bonds. The maximum Gasteiger partial charge on any atom is 0.573 e. The first-order valence-electron chi connectivity index (χ1n) is 12.3. The van der Waals surface area contributed by atoms with Gasteiger partial charge in [-0.2, -0.15) is 10.4 Å². The SMILES string of the molecule is CC(C)(C#N)c1nnc(-c2ccc3c(c2)N(Cc2ccc(-n4cc(OC(F)(F)F)cn4)cc2)C(=O)[C@@H](N)CS3(=O)=O)o1. The fourth-order valence-corrected chi connectivity index (χ4v) is 5.77. The molecule has 0 spiro atoms. The van der Waals surface area contributed by atoms with Crippen molar-refractivity contribution in [1.82, 2.24) is 20.0 Å². The van der Waals surface area contributed by atoms with E-state index >= 15 is 0 Å². The van der Waals surface area contributed by atoms with E-state index in [-0.39, 0.29) is 28.9 Å². The lowest BCUT2D eigenvalue weighted by molar-refractivity contribution is -0.274. The number of fused-ring (bicyclic) bond motifs is 1. The summed E-state index contributed by atoms with van der Waals surface area (Å²) in [6, 6.07) is 11.3. The van der Waals surface area contributed by atoms with Crippen molar-refractivity contribution in [2.45, 2.75) is 43.1 Å². The predicted octanol–water partition coefficient (Wildman–Crippen LogP) is 3.27. The Morgan fingerprint density at radius 2 is 1.88 bits per heavy atom. The number of amides is 1. The monoisotopic (exact) mass is 601 g/mol. The maximum atomic E-state index is 13.4. The highest BCUT2D eigenvalue weighted by Crippen LogP contribution is 2.36. The number of anilines is 1. The number of halogens is 3. The largest absolute Gasteiger partial charge is 0.573 e. The summed E-state index contributed by atoms with van der Waals surface area (Å²) >= 11 is 0. The molecule has 0 aliphatic carbocycles. The summed E-state index contributed by atoms with van der Waals surface area (Å²) in [6.45, 7) is 3.11. The van der Waals surface area contributed by atoms with Gasteiger partial charge in [0.25, 0.3) is 0 Å². The molecule has 0 unspecified atom stereocenters. The van der Waals surface area contributed by atoms with Gasteiger partial charge in [-0.05, 0) is 49.7 Å². The molecular weight excluding hydrogens is 579 g/mol. The molecule has 1 atom stereocenters. The van der Waals surface area contributed by atoms with E-state index in [4.69, 9.17) is 10.2 Å². The Bertz CT molecular complexity index is 1810. The lowest BCUT2D eigenvalue weighted by atomic mass is 9.96. The molecule has 0 saturated carbocycles. The zero-order chi connectivity index (χ0) is 30.4. The molecule has 218 valence electrons. The van der Waals surface area contributed by atoms with Crippen molar-refractivity contribution in [2.24, 2.45) is 5.73 Å². The smallest absolute Gasteiger partial charge is 0.419 e. The molecule has 0 bridgehead atoms. The van der Waals surface area contributed by atoms with E-state index in [2.05, 4.69) is 26.1 Å². The van der Waals surface area contributed by atoms with Gasteiger partial charge in [0.05, 0.1) is 53.1 Å². The quantitative estimate of drug-likeness (QED) is 0.346. The molecular formula is C26H22F3N7O5S. The van der Waals surface area contributed by atoms with Gasteiger partial charge in [0, 0.05) is 5.56 Å². The third-order valence-electron chi connectivity index (χ3n) is 6.39. The van der Waals surface area contributed by atoms with Crippen LogP contribution in [0, 0.1) is 11.3 Å². The van der Waals surface area contributed by atoms with Crippen LogP contribution in [0.25, 0.3) is 17.1 Å². The number of carbonyl (C=O) groups excluding carboxylic acids is 1. The van der Waals surface area contributed by atoms with E-state index in [1.165, 1.54) is 27.8 Å². The maximum absolute atomic E-state index is 13.4. The number of nitrogens with zero attached hydrogens (tertiary/aromatic N) is 6. The van der Waals surface area contributed by atoms with Crippen LogP contribution in [0.3, 0.4) is 0 Å². The number of hydrogen-bond acceptors (Lipinski definition) is 10. The second kappa shape index (κ2) is 10.3. The van der Waals surface area contributed by atoms with Gasteiger partial charge in [-0.25, -0.2) is 13.1 Å². The van der Waals surface area contributed by atoms with Gasteiger partial charge >= 0.3 is 6.36 Å². The number of hydrogen-bond donors (Lipinski definition) is 1. The summed E-state index contributed by atoms with van der Waals surface area (Å²) in [4.78, 5) is 14.5. The number of benzene rings is 2.